The van der Waals surface area contributed by atoms with E-state index in [9.17, 15) is 19.0 Å². The predicted molar refractivity (Wildman–Crippen MR) is 380 cm³/mol. The van der Waals surface area contributed by atoms with Crippen molar-refractivity contribution in [2.75, 3.05) is 47.5 Å². The van der Waals surface area contributed by atoms with Crippen LogP contribution in [0, 0.1) is 0 Å². The molecule has 1 N–H and O–H groups in total. The average molecular weight is 1240 g/mol. The normalized spacial score (nSPS) is 14.1. The van der Waals surface area contributed by atoms with Crippen molar-refractivity contribution in [2.24, 2.45) is 0 Å². The van der Waals surface area contributed by atoms with Crippen LogP contribution in [0.5, 0.6) is 0 Å². The lowest BCUT2D eigenvalue weighted by Crippen LogP contribution is -2.37. The van der Waals surface area contributed by atoms with Gasteiger partial charge in [-0.15, -0.1) is 0 Å². The quantitative estimate of drug-likeness (QED) is 0.0211. The highest BCUT2D eigenvalue weighted by Crippen LogP contribution is 2.43. The van der Waals surface area contributed by atoms with E-state index in [4.69, 9.17) is 18.5 Å². The van der Waals surface area contributed by atoms with Crippen LogP contribution in [0.4, 0.5) is 0 Å². The SMILES string of the molecule is CC/C=C\C/C=C\C/C=C\C/C=C\C/C=C\C/C=C\C/C=C\C/C=C\CCCCCCCCC(=O)OC(COC(=O)CCCCCCCCCCCCCCCCCCC/C=C\C/C=C\C/C=C\C/C=C\C/C=C\CC)COP(=O)(O)OCC[N+](C)(C)C. The Balaban J connectivity index is 4.12. The maximum atomic E-state index is 12.9. The van der Waals surface area contributed by atoms with Crippen LogP contribution >= 0.6 is 7.82 Å². The molecule has 0 saturated heterocycles. The number of likely N-dealkylation sites (N-methyl/N-ethyl adjacent to an activating group) is 1. The summed E-state index contributed by atoms with van der Waals surface area (Å²) in [4.78, 5) is 35.9. The zero-order valence-electron chi connectivity index (χ0n) is 56.9. The van der Waals surface area contributed by atoms with Crippen LogP contribution < -0.4 is 0 Å². The van der Waals surface area contributed by atoms with Gasteiger partial charge in [-0.25, -0.2) is 4.57 Å². The molecule has 0 aliphatic carbocycles. The standard InChI is InChI=1S/C78H130NO8P/c1-6-8-10-12-14-16-18-20-22-24-26-28-30-32-34-36-38-39-41-42-44-46-48-50-52-54-56-58-60-62-64-66-68-70-77(80)84-74-76(75-86-88(82,83)85-73-72-79(3,4)5)87-78(81)71-69-67-65-63-61-59-57-55-53-51-49-47-45-43-40-37-35-33-31-29-27-25-23-21-19-17-15-13-11-9-7-2/h8-11,14-17,20-23,26-29,32-35,40,43,47,49,53,55,76H,6-7,12-13,18-19,24-25,30-31,36-39,41-42,44-46,48,50-52,54,56-75H2,1-5H3/p+1/b10-8-,11-9-,16-14-,17-15-,22-20-,23-21-,28-26-,29-27-,34-32-,35-33-,43-40-,49-47-,55-53-. The molecule has 0 aromatic rings. The van der Waals surface area contributed by atoms with E-state index in [0.29, 0.717) is 17.4 Å². The molecular formula is C78H131NO8P+. The van der Waals surface area contributed by atoms with Crippen LogP contribution in [-0.4, -0.2) is 74.9 Å². The maximum Gasteiger partial charge on any atom is 0.472 e. The molecule has 0 aliphatic heterocycles. The summed E-state index contributed by atoms with van der Waals surface area (Å²) < 4.78 is 34.7. The van der Waals surface area contributed by atoms with Crippen molar-refractivity contribution in [3.05, 3.63) is 158 Å². The Hall–Kier alpha value is -4.37. The van der Waals surface area contributed by atoms with E-state index in [0.717, 1.165) is 141 Å². The van der Waals surface area contributed by atoms with E-state index in [1.54, 1.807) is 0 Å². The zero-order valence-corrected chi connectivity index (χ0v) is 57.8. The summed E-state index contributed by atoms with van der Waals surface area (Å²) in [6, 6.07) is 0. The molecule has 88 heavy (non-hydrogen) atoms. The number of nitrogens with zero attached hydrogens (tertiary/aromatic N) is 1. The third kappa shape index (κ3) is 70.7. The van der Waals surface area contributed by atoms with Gasteiger partial charge >= 0.3 is 19.8 Å². The van der Waals surface area contributed by atoms with Gasteiger partial charge in [-0.2, -0.15) is 0 Å². The molecule has 500 valence electrons. The Kier molecular flexibility index (Phi) is 63.7. The lowest BCUT2D eigenvalue weighted by Gasteiger charge is -2.24. The number of allylic oxidation sites excluding steroid dienone is 26. The fraction of sp³-hybridized carbons (Fsp3) is 0.641. The van der Waals surface area contributed by atoms with Crippen LogP contribution in [0.3, 0.4) is 0 Å². The summed E-state index contributed by atoms with van der Waals surface area (Å²) in [5.41, 5.74) is 0. The number of carbonyl (C=O) groups is 2. The highest BCUT2D eigenvalue weighted by molar-refractivity contribution is 7.47. The summed E-state index contributed by atoms with van der Waals surface area (Å²) in [5.74, 6) is -0.818. The molecule has 0 bridgehead atoms. The Bertz CT molecular complexity index is 2040. The molecule has 0 aromatic heterocycles. The number of hydrogen-bond donors (Lipinski definition) is 1. The Labute approximate surface area is 541 Å². The summed E-state index contributed by atoms with van der Waals surface area (Å²) in [6.07, 6.45) is 101. The number of quaternary nitrogens is 1. The zero-order chi connectivity index (χ0) is 64.1. The number of ether oxygens (including phenoxy) is 2. The molecular weight excluding hydrogens is 1110 g/mol. The second-order valence-corrected chi connectivity index (χ2v) is 25.6. The molecule has 2 unspecified atom stereocenters. The summed E-state index contributed by atoms with van der Waals surface area (Å²) in [6.45, 7) is 4.19. The molecule has 0 amide bonds. The number of unbranched alkanes of at least 4 members (excludes halogenated alkanes) is 23. The molecule has 0 aliphatic rings. The van der Waals surface area contributed by atoms with E-state index in [1.807, 2.05) is 21.1 Å². The smallest absolute Gasteiger partial charge is 0.462 e. The van der Waals surface area contributed by atoms with E-state index in [-0.39, 0.29) is 32.0 Å². The van der Waals surface area contributed by atoms with Gasteiger partial charge in [0.05, 0.1) is 27.7 Å². The van der Waals surface area contributed by atoms with Gasteiger partial charge < -0.3 is 18.9 Å². The first-order chi connectivity index (χ1) is 43.0. The molecule has 2 atom stereocenters. The number of esters is 2. The van der Waals surface area contributed by atoms with Gasteiger partial charge in [0.15, 0.2) is 6.10 Å². The van der Waals surface area contributed by atoms with Crippen molar-refractivity contribution in [3.8, 4) is 0 Å². The number of rotatable bonds is 63. The molecule has 10 heteroatoms. The molecule has 0 aromatic carbocycles. The topological polar surface area (TPSA) is 108 Å². The molecule has 9 nitrogen and oxygen atoms in total. The minimum absolute atomic E-state index is 0.0212. The predicted octanol–water partition coefficient (Wildman–Crippen LogP) is 23.2. The Morgan fingerprint density at radius 2 is 0.614 bits per heavy atom. The van der Waals surface area contributed by atoms with Crippen molar-refractivity contribution in [1.82, 2.24) is 0 Å². The minimum Gasteiger partial charge on any atom is -0.462 e. The first-order valence-electron chi connectivity index (χ1n) is 35.2. The van der Waals surface area contributed by atoms with Crippen molar-refractivity contribution in [1.29, 1.82) is 0 Å². The largest absolute Gasteiger partial charge is 0.472 e. The van der Waals surface area contributed by atoms with Crippen molar-refractivity contribution in [2.45, 2.75) is 277 Å². The van der Waals surface area contributed by atoms with E-state index >= 15 is 0 Å². The van der Waals surface area contributed by atoms with Crippen molar-refractivity contribution in [3.63, 3.8) is 0 Å². The number of carbonyl (C=O) groups excluding carboxylic acids is 2. The maximum absolute atomic E-state index is 12.9. The molecule has 0 spiro atoms. The van der Waals surface area contributed by atoms with E-state index in [1.165, 1.54) is 96.3 Å². The lowest BCUT2D eigenvalue weighted by atomic mass is 10.0. The third-order valence-corrected chi connectivity index (χ3v) is 15.5. The van der Waals surface area contributed by atoms with Gasteiger partial charge in [0, 0.05) is 12.8 Å². The Morgan fingerprint density at radius 3 is 0.909 bits per heavy atom. The first kappa shape index (κ1) is 83.6. The fourth-order valence-electron chi connectivity index (χ4n) is 9.24. The van der Waals surface area contributed by atoms with Gasteiger partial charge in [0.2, 0.25) is 0 Å². The molecule has 0 radical (unpaired) electrons. The second-order valence-electron chi connectivity index (χ2n) is 24.2. The number of phosphoric acid groups is 1. The van der Waals surface area contributed by atoms with E-state index < -0.39 is 26.5 Å². The molecule has 0 fully saturated rings. The number of hydrogen-bond acceptors (Lipinski definition) is 7. The monoisotopic (exact) mass is 1240 g/mol. The van der Waals surface area contributed by atoms with Crippen LogP contribution in [0.2, 0.25) is 0 Å². The van der Waals surface area contributed by atoms with Crippen molar-refractivity contribution < 1.29 is 42.1 Å². The molecule has 0 heterocycles. The van der Waals surface area contributed by atoms with Gasteiger partial charge in [-0.1, -0.05) is 294 Å². The van der Waals surface area contributed by atoms with Crippen LogP contribution in [0.25, 0.3) is 0 Å². The van der Waals surface area contributed by atoms with Crippen molar-refractivity contribution >= 4 is 19.8 Å². The average Bonchev–Trinajstić information content (AvgIpc) is 3.68. The number of phosphoric ester groups is 1. The highest BCUT2D eigenvalue weighted by atomic mass is 31.2. The summed E-state index contributed by atoms with van der Waals surface area (Å²) >= 11 is 0. The van der Waals surface area contributed by atoms with Gasteiger partial charge in [-0.05, 0) is 122 Å². The van der Waals surface area contributed by atoms with Gasteiger partial charge in [-0.3, -0.25) is 18.6 Å². The van der Waals surface area contributed by atoms with Gasteiger partial charge in [0.1, 0.15) is 19.8 Å². The molecule has 0 saturated carbocycles. The first-order valence-corrected chi connectivity index (χ1v) is 36.7. The second kappa shape index (κ2) is 67.0. The third-order valence-electron chi connectivity index (χ3n) is 14.6. The van der Waals surface area contributed by atoms with Crippen LogP contribution in [0.1, 0.15) is 271 Å². The summed E-state index contributed by atoms with van der Waals surface area (Å²) in [7, 11) is 1.45. The summed E-state index contributed by atoms with van der Waals surface area (Å²) in [5, 5.41) is 0. The Morgan fingerprint density at radius 1 is 0.352 bits per heavy atom. The highest BCUT2D eigenvalue weighted by Gasteiger charge is 2.27. The van der Waals surface area contributed by atoms with Crippen LogP contribution in [0.15, 0.2) is 158 Å². The molecule has 0 rings (SSSR count). The van der Waals surface area contributed by atoms with Gasteiger partial charge in [0.25, 0.3) is 0 Å². The minimum atomic E-state index is -4.41. The van der Waals surface area contributed by atoms with Crippen LogP contribution in [-0.2, 0) is 32.7 Å². The van der Waals surface area contributed by atoms with E-state index in [2.05, 4.69) is 172 Å². The lowest BCUT2D eigenvalue weighted by molar-refractivity contribution is -0.870. The fourth-order valence-corrected chi connectivity index (χ4v) is 9.98.